The minimum absolute atomic E-state index is 0.0912. The van der Waals surface area contributed by atoms with E-state index in [9.17, 15) is 12.8 Å². The summed E-state index contributed by atoms with van der Waals surface area (Å²) in [6.45, 7) is 3.90. The second-order valence-electron chi connectivity index (χ2n) is 10.1. The molecule has 5 aromatic heterocycles. The molecule has 0 unspecified atom stereocenters. The normalized spacial score (nSPS) is 12.0. The predicted octanol–water partition coefficient (Wildman–Crippen LogP) is 4.77. The van der Waals surface area contributed by atoms with Crippen molar-refractivity contribution in [1.29, 1.82) is 0 Å². The lowest BCUT2D eigenvalue weighted by molar-refractivity contribution is 0.586. The van der Waals surface area contributed by atoms with E-state index >= 15 is 4.39 Å². The number of pyridine rings is 3. The van der Waals surface area contributed by atoms with Gasteiger partial charge in [0.25, 0.3) is 0 Å². The van der Waals surface area contributed by atoms with Crippen LogP contribution >= 0.6 is 0 Å². The molecule has 0 bridgehead atoms. The minimum Gasteiger partial charge on any atom is -0.382 e. The van der Waals surface area contributed by atoms with Crippen LogP contribution in [-0.4, -0.2) is 55.8 Å². The summed E-state index contributed by atoms with van der Waals surface area (Å²) in [5, 5.41) is 10.4. The summed E-state index contributed by atoms with van der Waals surface area (Å²) < 4.78 is 56.0. The Bertz CT molecular complexity index is 2070. The zero-order valence-corrected chi connectivity index (χ0v) is 23.5. The van der Waals surface area contributed by atoms with Crippen LogP contribution < -0.4 is 10.0 Å². The maximum absolute atomic E-state index is 16.1. The van der Waals surface area contributed by atoms with Gasteiger partial charge < -0.3 is 10.3 Å². The van der Waals surface area contributed by atoms with Crippen LogP contribution in [0.2, 0.25) is 0 Å². The number of benzene rings is 1. The third-order valence-corrected chi connectivity index (χ3v) is 7.10. The number of fused-ring (bicyclic) bond motifs is 2. The Kier molecular flexibility index (Phi) is 6.86. The molecular formula is C28H25F2N9O2S. The maximum Gasteiger partial charge on any atom is 0.209 e. The Morgan fingerprint density at radius 2 is 1.86 bits per heavy atom. The van der Waals surface area contributed by atoms with Gasteiger partial charge in [0.15, 0.2) is 11.5 Å². The first-order valence-electron chi connectivity index (χ1n) is 12.9. The van der Waals surface area contributed by atoms with Crippen molar-refractivity contribution in [3.63, 3.8) is 0 Å². The molecule has 0 saturated carbocycles. The number of nitrogens with one attached hydrogen (secondary N) is 4. The minimum atomic E-state index is -3.48. The molecule has 11 nitrogen and oxygen atoms in total. The molecule has 0 fully saturated rings. The lowest BCUT2D eigenvalue weighted by atomic mass is 10.1. The quantitative estimate of drug-likeness (QED) is 0.198. The molecule has 4 N–H and O–H groups in total. The molecule has 6 aromatic rings. The number of imidazole rings is 1. The van der Waals surface area contributed by atoms with E-state index in [4.69, 9.17) is 0 Å². The summed E-state index contributed by atoms with van der Waals surface area (Å²) in [4.78, 5) is 20.8. The number of rotatable bonds is 8. The van der Waals surface area contributed by atoms with Gasteiger partial charge in [0.1, 0.15) is 22.8 Å². The van der Waals surface area contributed by atoms with Crippen molar-refractivity contribution in [2.45, 2.75) is 26.4 Å². The number of aromatic nitrogens is 7. The van der Waals surface area contributed by atoms with E-state index in [1.165, 1.54) is 24.5 Å². The molecule has 0 aliphatic heterocycles. The highest BCUT2D eigenvalue weighted by Gasteiger charge is 2.21. The average Bonchev–Trinajstić information content (AvgIpc) is 3.56. The second kappa shape index (κ2) is 10.5. The van der Waals surface area contributed by atoms with Gasteiger partial charge in [-0.3, -0.25) is 15.1 Å². The fraction of sp³-hybridized carbons (Fsp3) is 0.179. The smallest absolute Gasteiger partial charge is 0.209 e. The topological polar surface area (TPSA) is 154 Å². The molecule has 0 radical (unpaired) electrons. The first kappa shape index (κ1) is 27.4. The maximum atomic E-state index is 16.1. The van der Waals surface area contributed by atoms with Crippen LogP contribution in [0.1, 0.15) is 19.4 Å². The summed E-state index contributed by atoms with van der Waals surface area (Å²) in [7, 11) is -3.48. The summed E-state index contributed by atoms with van der Waals surface area (Å²) in [6.07, 6.45) is 7.21. The second-order valence-corrected chi connectivity index (χ2v) is 12.0. The third-order valence-electron chi connectivity index (χ3n) is 6.43. The number of halogens is 2. The molecular weight excluding hydrogens is 564 g/mol. The standard InChI is InChI=1S/C28H25F2N9O2S/c1-14(2)35-19-9-17(11-31-12-19)20-13-33-27-22(23(20)30)26(38-39-27)28-36-21-4-5-32-24(25(21)37-28)16-6-15(7-18(29)8-16)10-34-42(3,40)41/h4-9,11-14,34-35H,10H2,1-3H3,(H,36,37)(H,33,38,39). The van der Waals surface area contributed by atoms with Gasteiger partial charge in [0.05, 0.1) is 28.5 Å². The highest BCUT2D eigenvalue weighted by atomic mass is 32.2. The Morgan fingerprint density at radius 1 is 1.02 bits per heavy atom. The molecule has 0 aliphatic carbocycles. The largest absolute Gasteiger partial charge is 0.382 e. The van der Waals surface area contributed by atoms with Gasteiger partial charge in [-0.25, -0.2) is 31.9 Å². The Hall–Kier alpha value is -4.82. The molecule has 14 heteroatoms. The SMILES string of the molecule is CC(C)Nc1cncc(-c2cnc3n[nH]c(-c4nc5c(-c6cc(F)cc(CNS(C)(=O)=O)c6)nccc5[nH]4)c3c2F)c1. The van der Waals surface area contributed by atoms with E-state index < -0.39 is 21.7 Å². The van der Waals surface area contributed by atoms with Crippen LogP contribution in [0.3, 0.4) is 0 Å². The number of sulfonamides is 1. The van der Waals surface area contributed by atoms with E-state index in [0.717, 1.165) is 11.9 Å². The fourth-order valence-electron chi connectivity index (χ4n) is 4.69. The number of hydrogen-bond acceptors (Lipinski definition) is 8. The molecule has 1 aromatic carbocycles. The molecule has 42 heavy (non-hydrogen) atoms. The van der Waals surface area contributed by atoms with Crippen LogP contribution in [0, 0.1) is 11.6 Å². The summed E-state index contributed by atoms with van der Waals surface area (Å²) in [5.74, 6) is -0.822. The van der Waals surface area contributed by atoms with Gasteiger partial charge in [-0.1, -0.05) is 0 Å². The van der Waals surface area contributed by atoms with E-state index in [1.54, 1.807) is 30.6 Å². The molecule has 5 heterocycles. The molecule has 214 valence electrons. The number of anilines is 1. The van der Waals surface area contributed by atoms with Crippen molar-refractivity contribution < 1.29 is 17.2 Å². The van der Waals surface area contributed by atoms with Crippen molar-refractivity contribution >= 4 is 37.8 Å². The van der Waals surface area contributed by atoms with E-state index in [1.807, 2.05) is 13.8 Å². The highest BCUT2D eigenvalue weighted by molar-refractivity contribution is 7.88. The van der Waals surface area contributed by atoms with E-state index in [2.05, 4.69) is 45.2 Å². The van der Waals surface area contributed by atoms with Crippen LogP contribution in [-0.2, 0) is 16.6 Å². The van der Waals surface area contributed by atoms with Crippen LogP contribution in [0.5, 0.6) is 0 Å². The molecule has 0 amide bonds. The van der Waals surface area contributed by atoms with E-state index in [-0.39, 0.29) is 40.7 Å². The lowest BCUT2D eigenvalue weighted by Crippen LogP contribution is -2.21. The summed E-state index contributed by atoms with van der Waals surface area (Å²) in [5.41, 5.74) is 4.13. The molecule has 0 saturated heterocycles. The molecule has 0 spiro atoms. The molecule has 0 aliphatic rings. The number of nitrogens with zero attached hydrogens (tertiary/aromatic N) is 5. The summed E-state index contributed by atoms with van der Waals surface area (Å²) >= 11 is 0. The number of hydrogen-bond donors (Lipinski definition) is 4. The predicted molar refractivity (Wildman–Crippen MR) is 156 cm³/mol. The van der Waals surface area contributed by atoms with Gasteiger partial charge in [0.2, 0.25) is 10.0 Å². The van der Waals surface area contributed by atoms with Crippen LogP contribution in [0.25, 0.3) is 56.0 Å². The zero-order chi connectivity index (χ0) is 29.6. The van der Waals surface area contributed by atoms with Crippen LogP contribution in [0.4, 0.5) is 14.5 Å². The monoisotopic (exact) mass is 589 g/mol. The van der Waals surface area contributed by atoms with Gasteiger partial charge in [0, 0.05) is 54.1 Å². The molecule has 0 atom stereocenters. The Labute approximate surface area is 238 Å². The van der Waals surface area contributed by atoms with Gasteiger partial charge >= 0.3 is 0 Å². The van der Waals surface area contributed by atoms with Gasteiger partial charge in [-0.2, -0.15) is 5.10 Å². The first-order chi connectivity index (χ1) is 20.1. The Morgan fingerprint density at radius 3 is 2.64 bits per heavy atom. The zero-order valence-electron chi connectivity index (χ0n) is 22.7. The summed E-state index contributed by atoms with van der Waals surface area (Å²) in [6, 6.07) is 7.83. The van der Waals surface area contributed by atoms with E-state index in [0.29, 0.717) is 33.4 Å². The lowest BCUT2D eigenvalue weighted by Gasteiger charge is -2.11. The number of H-pyrrole nitrogens is 2. The van der Waals surface area contributed by atoms with Crippen molar-refractivity contribution in [2.24, 2.45) is 0 Å². The van der Waals surface area contributed by atoms with Gasteiger partial charge in [-0.15, -0.1) is 0 Å². The average molecular weight is 590 g/mol. The van der Waals surface area contributed by atoms with Crippen molar-refractivity contribution in [1.82, 2.24) is 39.8 Å². The van der Waals surface area contributed by atoms with Crippen LogP contribution in [0.15, 0.2) is 55.1 Å². The number of aromatic amines is 2. The Balaban J connectivity index is 1.43. The van der Waals surface area contributed by atoms with Crippen molar-refractivity contribution in [2.75, 3.05) is 11.6 Å². The van der Waals surface area contributed by atoms with Crippen molar-refractivity contribution in [3.05, 3.63) is 72.3 Å². The highest BCUT2D eigenvalue weighted by Crippen LogP contribution is 2.34. The molecule has 6 rings (SSSR count). The van der Waals surface area contributed by atoms with Crippen molar-refractivity contribution in [3.8, 4) is 33.9 Å². The fourth-order valence-corrected chi connectivity index (χ4v) is 5.12. The third kappa shape index (κ3) is 5.41. The van der Waals surface area contributed by atoms with Gasteiger partial charge in [-0.05, 0) is 49.7 Å². The first-order valence-corrected chi connectivity index (χ1v) is 14.8.